The summed E-state index contributed by atoms with van der Waals surface area (Å²) in [5.74, 6) is 1.14. The lowest BCUT2D eigenvalue weighted by Gasteiger charge is -2.40. The van der Waals surface area contributed by atoms with Crippen LogP contribution in [0.25, 0.3) is 0 Å². The SMILES string of the molecule is CCCc1noc(CCC(=O)NC2(CO)CCC2)n1. The zero-order valence-electron chi connectivity index (χ0n) is 11.3. The van der Waals surface area contributed by atoms with E-state index < -0.39 is 0 Å². The number of rotatable bonds is 7. The zero-order valence-corrected chi connectivity index (χ0v) is 11.3. The van der Waals surface area contributed by atoms with Gasteiger partial charge in [-0.2, -0.15) is 4.98 Å². The summed E-state index contributed by atoms with van der Waals surface area (Å²) in [5.41, 5.74) is -0.376. The number of hydrogen-bond donors (Lipinski definition) is 2. The van der Waals surface area contributed by atoms with E-state index in [1.807, 2.05) is 0 Å². The fourth-order valence-corrected chi connectivity index (χ4v) is 2.22. The summed E-state index contributed by atoms with van der Waals surface area (Å²) in [6.07, 6.45) is 5.30. The van der Waals surface area contributed by atoms with Crippen LogP contribution in [-0.2, 0) is 17.6 Å². The number of aliphatic hydroxyl groups excluding tert-OH is 1. The van der Waals surface area contributed by atoms with E-state index in [1.54, 1.807) is 0 Å². The van der Waals surface area contributed by atoms with Crippen LogP contribution in [0.2, 0.25) is 0 Å². The molecule has 1 saturated carbocycles. The van der Waals surface area contributed by atoms with E-state index >= 15 is 0 Å². The van der Waals surface area contributed by atoms with Gasteiger partial charge in [-0.3, -0.25) is 4.79 Å². The Labute approximate surface area is 112 Å². The number of aromatic nitrogens is 2. The minimum atomic E-state index is -0.376. The number of aryl methyl sites for hydroxylation is 2. The summed E-state index contributed by atoms with van der Waals surface area (Å²) in [7, 11) is 0. The maximum Gasteiger partial charge on any atom is 0.227 e. The molecule has 19 heavy (non-hydrogen) atoms. The third-order valence-corrected chi connectivity index (χ3v) is 3.57. The molecule has 6 heteroatoms. The van der Waals surface area contributed by atoms with Gasteiger partial charge >= 0.3 is 0 Å². The Morgan fingerprint density at radius 3 is 2.84 bits per heavy atom. The highest BCUT2D eigenvalue weighted by Crippen LogP contribution is 2.31. The van der Waals surface area contributed by atoms with Gasteiger partial charge in [0, 0.05) is 19.3 Å². The molecule has 0 saturated heterocycles. The standard InChI is InChI=1S/C13H21N3O3/c1-2-4-10-14-12(19-16-10)6-5-11(18)15-13(9-17)7-3-8-13/h17H,2-9H2,1H3,(H,15,18). The predicted molar refractivity (Wildman–Crippen MR) is 68.4 cm³/mol. The third kappa shape index (κ3) is 3.53. The van der Waals surface area contributed by atoms with Gasteiger partial charge in [-0.05, 0) is 25.7 Å². The minimum Gasteiger partial charge on any atom is -0.394 e. The van der Waals surface area contributed by atoms with Crippen LogP contribution < -0.4 is 5.32 Å². The van der Waals surface area contributed by atoms with Gasteiger partial charge in [-0.1, -0.05) is 12.1 Å². The van der Waals surface area contributed by atoms with Gasteiger partial charge in [-0.25, -0.2) is 0 Å². The molecule has 2 N–H and O–H groups in total. The molecule has 0 spiro atoms. The molecule has 0 unspecified atom stereocenters. The van der Waals surface area contributed by atoms with Gasteiger partial charge < -0.3 is 14.9 Å². The summed E-state index contributed by atoms with van der Waals surface area (Å²) in [6, 6.07) is 0. The first-order chi connectivity index (χ1) is 9.17. The molecule has 1 aliphatic rings. The van der Waals surface area contributed by atoms with Crippen LogP contribution in [0.15, 0.2) is 4.52 Å². The number of nitrogens with one attached hydrogen (secondary N) is 1. The Morgan fingerprint density at radius 1 is 1.47 bits per heavy atom. The molecule has 0 atom stereocenters. The lowest BCUT2D eigenvalue weighted by molar-refractivity contribution is -0.125. The predicted octanol–water partition coefficient (Wildman–Crippen LogP) is 0.986. The van der Waals surface area contributed by atoms with E-state index in [9.17, 15) is 9.90 Å². The first kappa shape index (κ1) is 14.0. The summed E-state index contributed by atoms with van der Waals surface area (Å²) < 4.78 is 5.07. The van der Waals surface area contributed by atoms with Crippen molar-refractivity contribution in [1.82, 2.24) is 15.5 Å². The van der Waals surface area contributed by atoms with Crippen molar-refractivity contribution in [2.45, 2.75) is 57.4 Å². The van der Waals surface area contributed by atoms with Crippen LogP contribution >= 0.6 is 0 Å². The summed E-state index contributed by atoms with van der Waals surface area (Å²) in [5, 5.41) is 16.0. The molecule has 1 amide bonds. The first-order valence-corrected chi connectivity index (χ1v) is 6.91. The Hall–Kier alpha value is -1.43. The fourth-order valence-electron chi connectivity index (χ4n) is 2.22. The van der Waals surface area contributed by atoms with Crippen molar-refractivity contribution >= 4 is 5.91 Å². The monoisotopic (exact) mass is 267 g/mol. The maximum absolute atomic E-state index is 11.8. The molecule has 0 bridgehead atoms. The molecule has 0 radical (unpaired) electrons. The van der Waals surface area contributed by atoms with Gasteiger partial charge in [0.1, 0.15) is 0 Å². The fraction of sp³-hybridized carbons (Fsp3) is 0.769. The van der Waals surface area contributed by atoms with Crippen molar-refractivity contribution in [2.75, 3.05) is 6.61 Å². The molecular weight excluding hydrogens is 246 g/mol. The number of aliphatic hydroxyl groups is 1. The van der Waals surface area contributed by atoms with Crippen molar-refractivity contribution < 1.29 is 14.4 Å². The Balaban J connectivity index is 1.76. The van der Waals surface area contributed by atoms with E-state index in [1.165, 1.54) is 0 Å². The number of carbonyl (C=O) groups is 1. The second-order valence-corrected chi connectivity index (χ2v) is 5.19. The Kier molecular flexibility index (Phi) is 4.52. The van der Waals surface area contributed by atoms with Crippen molar-refractivity contribution in [3.8, 4) is 0 Å². The molecule has 1 fully saturated rings. The molecule has 1 aromatic heterocycles. The molecular formula is C13H21N3O3. The molecule has 1 heterocycles. The van der Waals surface area contributed by atoms with Crippen molar-refractivity contribution in [3.05, 3.63) is 11.7 Å². The van der Waals surface area contributed by atoms with Gasteiger partial charge in [0.2, 0.25) is 11.8 Å². The van der Waals surface area contributed by atoms with E-state index in [0.29, 0.717) is 24.6 Å². The summed E-state index contributed by atoms with van der Waals surface area (Å²) in [4.78, 5) is 16.0. The lowest BCUT2D eigenvalue weighted by Crippen LogP contribution is -2.56. The molecule has 1 aromatic rings. The van der Waals surface area contributed by atoms with E-state index in [4.69, 9.17) is 4.52 Å². The van der Waals surface area contributed by atoms with E-state index in [2.05, 4.69) is 22.4 Å². The van der Waals surface area contributed by atoms with Crippen molar-refractivity contribution in [1.29, 1.82) is 0 Å². The molecule has 0 aliphatic heterocycles. The van der Waals surface area contributed by atoms with Gasteiger partial charge in [0.25, 0.3) is 0 Å². The topological polar surface area (TPSA) is 88.2 Å². The number of hydrogen-bond acceptors (Lipinski definition) is 5. The highest BCUT2D eigenvalue weighted by atomic mass is 16.5. The second kappa shape index (κ2) is 6.14. The van der Waals surface area contributed by atoms with Gasteiger partial charge in [-0.15, -0.1) is 0 Å². The van der Waals surface area contributed by atoms with Crippen LogP contribution in [0.3, 0.4) is 0 Å². The smallest absolute Gasteiger partial charge is 0.227 e. The van der Waals surface area contributed by atoms with Crippen LogP contribution in [0.4, 0.5) is 0 Å². The highest BCUT2D eigenvalue weighted by molar-refractivity contribution is 5.77. The largest absolute Gasteiger partial charge is 0.394 e. The van der Waals surface area contributed by atoms with Crippen LogP contribution in [0.5, 0.6) is 0 Å². The highest BCUT2D eigenvalue weighted by Gasteiger charge is 2.37. The third-order valence-electron chi connectivity index (χ3n) is 3.57. The number of amides is 1. The maximum atomic E-state index is 11.8. The normalized spacial score (nSPS) is 16.9. The molecule has 6 nitrogen and oxygen atoms in total. The quantitative estimate of drug-likeness (QED) is 0.769. The second-order valence-electron chi connectivity index (χ2n) is 5.19. The lowest BCUT2D eigenvalue weighted by atomic mass is 9.77. The van der Waals surface area contributed by atoms with Gasteiger partial charge in [0.05, 0.1) is 12.1 Å². The first-order valence-electron chi connectivity index (χ1n) is 6.91. The van der Waals surface area contributed by atoms with E-state index in [0.717, 1.165) is 32.1 Å². The Bertz CT molecular complexity index is 421. The number of carbonyl (C=O) groups excluding carboxylic acids is 1. The zero-order chi connectivity index (χ0) is 13.7. The molecule has 0 aromatic carbocycles. The minimum absolute atomic E-state index is 0.0138. The van der Waals surface area contributed by atoms with Crippen LogP contribution in [0, 0.1) is 0 Å². The molecule has 106 valence electrons. The molecule has 1 aliphatic carbocycles. The summed E-state index contributed by atoms with van der Waals surface area (Å²) >= 11 is 0. The van der Waals surface area contributed by atoms with Crippen molar-refractivity contribution in [3.63, 3.8) is 0 Å². The Morgan fingerprint density at radius 2 is 2.26 bits per heavy atom. The average Bonchev–Trinajstić information content (AvgIpc) is 2.80. The molecule has 2 rings (SSSR count). The average molecular weight is 267 g/mol. The summed E-state index contributed by atoms with van der Waals surface area (Å²) in [6.45, 7) is 2.07. The number of nitrogens with zero attached hydrogens (tertiary/aromatic N) is 2. The van der Waals surface area contributed by atoms with Gasteiger partial charge in [0.15, 0.2) is 5.82 Å². The van der Waals surface area contributed by atoms with Crippen LogP contribution in [-0.4, -0.2) is 33.3 Å². The van der Waals surface area contributed by atoms with Crippen LogP contribution in [0.1, 0.15) is 50.7 Å². The van der Waals surface area contributed by atoms with Crippen molar-refractivity contribution in [2.24, 2.45) is 0 Å². The van der Waals surface area contributed by atoms with E-state index in [-0.39, 0.29) is 18.1 Å².